The highest BCUT2D eigenvalue weighted by Gasteiger charge is 2.34. The standard InChI is InChI=1S/C76H48F6N8/c1-45-32-36-61-57(40-45)59-43-53(75(77,78)79)34-38-63(59)89(61)65-30-16-28-55(73-85-69(47-18-7-3-8-19-47)83-70(86-73)48-20-9-4-10-21-48)67(65)51-26-15-27-52(42-51)68-56(74-87-71(49-22-11-5-12-23-49)84-72(88-74)50-24-13-6-14-25-50)29-17-31-66(68)90-62-37-33-46(2)41-58(62)60-44-54(76(80,81)82)35-39-64(60)90/h3-44H,1-2H3. The average Bonchev–Trinajstić information content (AvgIpc) is 1.55. The Morgan fingerprint density at radius 1 is 0.267 bits per heavy atom. The zero-order chi connectivity index (χ0) is 61.4. The smallest absolute Gasteiger partial charge is 0.309 e. The van der Waals surface area contributed by atoms with Gasteiger partial charge in [-0.15, -0.1) is 0 Å². The van der Waals surface area contributed by atoms with Crippen LogP contribution in [0.25, 0.3) is 146 Å². The fraction of sp³-hybridized carbons (Fsp3) is 0.0526. The van der Waals surface area contributed by atoms with Gasteiger partial charge in [0.05, 0.1) is 44.6 Å². The van der Waals surface area contributed by atoms with E-state index >= 15 is 0 Å². The highest BCUT2D eigenvalue weighted by Crippen LogP contribution is 2.47. The molecular weight excluding hydrogens is 1140 g/mol. The molecule has 0 aliphatic heterocycles. The average molecular weight is 1190 g/mol. The number of rotatable bonds is 10. The Morgan fingerprint density at radius 2 is 0.556 bits per heavy atom. The van der Waals surface area contributed by atoms with Crippen molar-refractivity contribution in [3.8, 4) is 102 Å². The second kappa shape index (κ2) is 21.8. The molecule has 90 heavy (non-hydrogen) atoms. The fourth-order valence-corrected chi connectivity index (χ4v) is 12.3. The minimum atomic E-state index is -4.61. The van der Waals surface area contributed by atoms with Crippen LogP contribution >= 0.6 is 0 Å². The molecule has 8 nitrogen and oxygen atoms in total. The van der Waals surface area contributed by atoms with Gasteiger partial charge >= 0.3 is 12.4 Å². The van der Waals surface area contributed by atoms with Crippen molar-refractivity contribution in [1.82, 2.24) is 39.0 Å². The topological polar surface area (TPSA) is 87.2 Å². The number of aryl methyl sites for hydroxylation is 2. The molecule has 15 aromatic rings. The first-order chi connectivity index (χ1) is 43.7. The summed E-state index contributed by atoms with van der Waals surface area (Å²) in [5.74, 6) is 2.32. The van der Waals surface area contributed by atoms with Gasteiger partial charge in [0.25, 0.3) is 0 Å². The van der Waals surface area contributed by atoms with E-state index in [1.54, 1.807) is 0 Å². The molecule has 4 aromatic heterocycles. The molecule has 15 rings (SSSR count). The number of halogens is 6. The number of nitrogens with zero attached hydrogens (tertiary/aromatic N) is 8. The SMILES string of the molecule is Cc1ccc2c(c1)c1cc(C(F)(F)F)ccc1n2-c1cccc(-c2nc(-c3ccccc3)nc(-c3ccccc3)n2)c1-c1cccc(-c2c(-c3nc(-c4ccccc4)nc(-c4ccccc4)n3)cccc2-n2c3ccc(C)cc3c3cc(C(F)(F)F)ccc32)c1. The zero-order valence-corrected chi connectivity index (χ0v) is 48.1. The molecule has 0 spiro atoms. The van der Waals surface area contributed by atoms with E-state index in [4.69, 9.17) is 29.9 Å². The van der Waals surface area contributed by atoms with Gasteiger partial charge in [0.2, 0.25) is 0 Å². The van der Waals surface area contributed by atoms with E-state index in [9.17, 15) is 26.3 Å². The summed E-state index contributed by atoms with van der Waals surface area (Å²) in [5.41, 5.74) is 10.5. The lowest BCUT2D eigenvalue weighted by Gasteiger charge is -2.21. The van der Waals surface area contributed by atoms with Crippen LogP contribution in [0.15, 0.2) is 255 Å². The third kappa shape index (κ3) is 9.88. The van der Waals surface area contributed by atoms with Gasteiger partial charge in [-0.2, -0.15) is 26.3 Å². The van der Waals surface area contributed by atoms with Gasteiger partial charge in [-0.1, -0.05) is 187 Å². The quantitative estimate of drug-likeness (QED) is 0.127. The molecular formula is C76H48F6N8. The van der Waals surface area contributed by atoms with Gasteiger partial charge in [0.15, 0.2) is 34.9 Å². The maximum atomic E-state index is 14.7. The fourth-order valence-electron chi connectivity index (χ4n) is 12.3. The Morgan fingerprint density at radius 3 is 0.889 bits per heavy atom. The lowest BCUT2D eigenvalue weighted by molar-refractivity contribution is -0.138. The minimum absolute atomic E-state index is 0.327. The molecule has 0 saturated heterocycles. The number of aromatic nitrogens is 8. The minimum Gasteiger partial charge on any atom is -0.309 e. The molecule has 0 N–H and O–H groups in total. The van der Waals surface area contributed by atoms with Crippen molar-refractivity contribution < 1.29 is 26.3 Å². The Bertz CT molecular complexity index is 4850. The second-order valence-corrected chi connectivity index (χ2v) is 22.2. The number of benzene rings is 11. The Hall–Kier alpha value is -11.4. The number of alkyl halides is 6. The van der Waals surface area contributed by atoms with E-state index in [0.717, 1.165) is 45.5 Å². The van der Waals surface area contributed by atoms with Crippen LogP contribution < -0.4 is 0 Å². The molecule has 11 aromatic carbocycles. The molecule has 0 fully saturated rings. The van der Waals surface area contributed by atoms with Crippen LogP contribution in [0.5, 0.6) is 0 Å². The molecule has 0 bridgehead atoms. The first-order valence-electron chi connectivity index (χ1n) is 29.1. The summed E-state index contributed by atoms with van der Waals surface area (Å²) in [6, 6.07) is 77.4. The van der Waals surface area contributed by atoms with E-state index < -0.39 is 23.5 Å². The van der Waals surface area contributed by atoms with E-state index in [1.165, 1.54) is 24.3 Å². The van der Waals surface area contributed by atoms with E-state index in [-0.39, 0.29) is 0 Å². The summed E-state index contributed by atoms with van der Waals surface area (Å²) < 4.78 is 92.4. The van der Waals surface area contributed by atoms with Gasteiger partial charge in [-0.3, -0.25) is 0 Å². The van der Waals surface area contributed by atoms with Crippen molar-refractivity contribution in [2.45, 2.75) is 26.2 Å². The Balaban J connectivity index is 1.06. The number of fused-ring (bicyclic) bond motifs is 6. The maximum absolute atomic E-state index is 14.7. The normalized spacial score (nSPS) is 12.0. The lowest BCUT2D eigenvalue weighted by Crippen LogP contribution is -2.06. The van der Waals surface area contributed by atoms with Crippen molar-refractivity contribution in [2.75, 3.05) is 0 Å². The predicted molar refractivity (Wildman–Crippen MR) is 345 cm³/mol. The van der Waals surface area contributed by atoms with Crippen molar-refractivity contribution in [3.05, 3.63) is 277 Å². The second-order valence-electron chi connectivity index (χ2n) is 22.2. The number of hydrogen-bond acceptors (Lipinski definition) is 6. The predicted octanol–water partition coefficient (Wildman–Crippen LogP) is 20.2. The molecule has 0 amide bonds. The molecule has 0 aliphatic rings. The Kier molecular flexibility index (Phi) is 13.4. The molecule has 4 heterocycles. The lowest BCUT2D eigenvalue weighted by atomic mass is 9.91. The molecule has 0 unspecified atom stereocenters. The van der Waals surface area contributed by atoms with Crippen molar-refractivity contribution >= 4 is 43.6 Å². The molecule has 0 atom stereocenters. The van der Waals surface area contributed by atoms with Gasteiger partial charge in [-0.05, 0) is 104 Å². The van der Waals surface area contributed by atoms with Gasteiger partial charge in [0, 0.05) is 66.1 Å². The van der Waals surface area contributed by atoms with E-state index in [2.05, 4.69) is 6.07 Å². The summed E-state index contributed by atoms with van der Waals surface area (Å²) in [5, 5.41) is 2.08. The summed E-state index contributed by atoms with van der Waals surface area (Å²) in [7, 11) is 0. The van der Waals surface area contributed by atoms with Crippen molar-refractivity contribution in [1.29, 1.82) is 0 Å². The molecule has 0 aliphatic carbocycles. The summed E-state index contributed by atoms with van der Waals surface area (Å²) in [6.45, 7) is 3.83. The summed E-state index contributed by atoms with van der Waals surface area (Å²) in [6.07, 6.45) is -9.23. The summed E-state index contributed by atoms with van der Waals surface area (Å²) >= 11 is 0. The van der Waals surface area contributed by atoms with Gasteiger partial charge < -0.3 is 9.13 Å². The molecule has 0 saturated carbocycles. The van der Waals surface area contributed by atoms with Crippen LogP contribution in [0.2, 0.25) is 0 Å². The highest BCUT2D eigenvalue weighted by atomic mass is 19.4. The first kappa shape index (κ1) is 55.2. The van der Waals surface area contributed by atoms with Gasteiger partial charge in [-0.25, -0.2) is 29.9 Å². The third-order valence-corrected chi connectivity index (χ3v) is 16.4. The zero-order valence-electron chi connectivity index (χ0n) is 48.1. The highest BCUT2D eigenvalue weighted by molar-refractivity contribution is 6.12. The summed E-state index contributed by atoms with van der Waals surface area (Å²) in [4.78, 5) is 31.1. The Labute approximate surface area is 511 Å². The molecule has 14 heteroatoms. The number of hydrogen-bond donors (Lipinski definition) is 0. The first-order valence-corrected chi connectivity index (χ1v) is 29.1. The largest absolute Gasteiger partial charge is 0.416 e. The molecule has 0 radical (unpaired) electrons. The third-order valence-electron chi connectivity index (χ3n) is 16.4. The molecule has 434 valence electrons. The van der Waals surface area contributed by atoms with Crippen molar-refractivity contribution in [2.24, 2.45) is 0 Å². The van der Waals surface area contributed by atoms with Crippen LogP contribution in [0, 0.1) is 13.8 Å². The van der Waals surface area contributed by atoms with Crippen LogP contribution in [0.1, 0.15) is 22.3 Å². The van der Waals surface area contributed by atoms with Crippen LogP contribution in [-0.2, 0) is 12.4 Å². The van der Waals surface area contributed by atoms with Crippen LogP contribution in [0.3, 0.4) is 0 Å². The van der Waals surface area contributed by atoms with Crippen LogP contribution in [0.4, 0.5) is 26.3 Å². The monoisotopic (exact) mass is 1190 g/mol. The van der Waals surface area contributed by atoms with Gasteiger partial charge in [0.1, 0.15) is 0 Å². The maximum Gasteiger partial charge on any atom is 0.416 e. The van der Waals surface area contributed by atoms with Crippen LogP contribution in [-0.4, -0.2) is 39.0 Å². The van der Waals surface area contributed by atoms with Crippen molar-refractivity contribution in [3.63, 3.8) is 0 Å². The van der Waals surface area contributed by atoms with E-state index in [1.807, 2.05) is 235 Å². The van der Waals surface area contributed by atoms with E-state index in [0.29, 0.717) is 123 Å².